The first-order valence-corrected chi connectivity index (χ1v) is 7.08. The number of nitrogens with zero attached hydrogens (tertiary/aromatic N) is 3. The molecule has 0 aromatic carbocycles. The van der Waals surface area contributed by atoms with Crippen molar-refractivity contribution < 1.29 is 9.63 Å². The number of nitrogens with one attached hydrogen (secondary N) is 2. The molecule has 0 amide bonds. The first-order valence-electron chi connectivity index (χ1n) is 7.08. The molecule has 2 rings (SSSR count). The molecule has 1 aromatic rings. The van der Waals surface area contributed by atoms with Gasteiger partial charge < -0.3 is 14.7 Å². The molecule has 0 aliphatic carbocycles. The average molecular weight is 305 g/mol. The van der Waals surface area contributed by atoms with Crippen LogP contribution >= 0.6 is 0 Å². The highest BCUT2D eigenvalue weighted by atomic mass is 16.7. The van der Waals surface area contributed by atoms with E-state index >= 15 is 0 Å². The minimum absolute atomic E-state index is 0.319. The van der Waals surface area contributed by atoms with E-state index in [0.29, 0.717) is 18.1 Å². The molecule has 0 radical (unpaired) electrons. The fourth-order valence-electron chi connectivity index (χ4n) is 2.10. The third-order valence-electron chi connectivity index (χ3n) is 3.02. The molecule has 0 saturated heterocycles. The number of carbonyl (C=O) groups excluding carboxylic acids is 1. The van der Waals surface area contributed by atoms with Gasteiger partial charge in [0.05, 0.1) is 11.4 Å². The van der Waals surface area contributed by atoms with Gasteiger partial charge in [0.15, 0.2) is 11.7 Å². The number of aromatic nitrogens is 2. The van der Waals surface area contributed by atoms with Crippen molar-refractivity contribution in [3.05, 3.63) is 42.0 Å². The lowest BCUT2D eigenvalue weighted by molar-refractivity contribution is -0.132. The van der Waals surface area contributed by atoms with Crippen LogP contribution in [0.25, 0.3) is 0 Å². The second-order valence-corrected chi connectivity index (χ2v) is 4.33. The fourth-order valence-corrected chi connectivity index (χ4v) is 2.10. The van der Waals surface area contributed by atoms with Gasteiger partial charge in [0, 0.05) is 26.7 Å². The van der Waals surface area contributed by atoms with E-state index in [0.717, 1.165) is 31.0 Å². The lowest BCUT2D eigenvalue weighted by atomic mass is 10.4. The summed E-state index contributed by atoms with van der Waals surface area (Å²) >= 11 is 0. The molecule has 0 bridgehead atoms. The lowest BCUT2D eigenvalue weighted by Crippen LogP contribution is -2.28. The summed E-state index contributed by atoms with van der Waals surface area (Å²) in [6.07, 6.45) is 5.58. The van der Waals surface area contributed by atoms with Gasteiger partial charge in [-0.05, 0) is 13.8 Å². The maximum Gasteiger partial charge on any atom is 0.320 e. The van der Waals surface area contributed by atoms with Crippen LogP contribution in [-0.4, -0.2) is 28.9 Å². The maximum atomic E-state index is 10.2. The van der Waals surface area contributed by atoms with E-state index < -0.39 is 0 Å². The van der Waals surface area contributed by atoms with Crippen LogP contribution in [0.15, 0.2) is 29.8 Å². The van der Waals surface area contributed by atoms with Crippen LogP contribution in [0.3, 0.4) is 0 Å². The van der Waals surface area contributed by atoms with E-state index in [1.165, 1.54) is 0 Å². The van der Waals surface area contributed by atoms with Crippen molar-refractivity contribution in [3.63, 3.8) is 0 Å². The number of rotatable bonds is 5. The summed E-state index contributed by atoms with van der Waals surface area (Å²) in [6, 6.07) is 0. The molecule has 2 N–H and O–H groups in total. The summed E-state index contributed by atoms with van der Waals surface area (Å²) in [6.45, 7) is 10.1. The predicted octanol–water partition coefficient (Wildman–Crippen LogP) is 1.31. The smallest absolute Gasteiger partial charge is 0.320 e. The molecule has 22 heavy (non-hydrogen) atoms. The summed E-state index contributed by atoms with van der Waals surface area (Å²) in [5, 5.41) is 3.24. The van der Waals surface area contributed by atoms with Gasteiger partial charge in [-0.2, -0.15) is 5.48 Å². The molecule has 0 fully saturated rings. The van der Waals surface area contributed by atoms with Crippen molar-refractivity contribution in [3.8, 4) is 0 Å². The van der Waals surface area contributed by atoms with Gasteiger partial charge in [0.25, 0.3) is 0 Å². The number of hydrogen-bond acceptors (Lipinski definition) is 5. The Hall–Kier alpha value is -2.41. The number of carbonyl (C=O) groups is 1. The minimum atomic E-state index is 0.319. The van der Waals surface area contributed by atoms with Gasteiger partial charge in [-0.3, -0.25) is 9.79 Å². The second-order valence-electron chi connectivity index (χ2n) is 4.33. The van der Waals surface area contributed by atoms with Crippen molar-refractivity contribution in [2.75, 3.05) is 7.05 Å². The Morgan fingerprint density at radius 3 is 2.86 bits per heavy atom. The molecule has 0 atom stereocenters. The fraction of sp³-hybridized carbons (Fsp3) is 0.400. The van der Waals surface area contributed by atoms with Crippen LogP contribution in [0.2, 0.25) is 0 Å². The van der Waals surface area contributed by atoms with E-state index in [4.69, 9.17) is 0 Å². The molecule has 0 unspecified atom stereocenters. The standard InChI is InChI=1S/C10H15N5O2.C5H8/c1-3-15-8-5-12-4-7(8)13-10(15)9(11-2)14-17-6-16;1-3-5-4-2/h6,12H,3-5H2,1-2H3,(H,11,14);3-5H,1H2,2H3/b;5-4-. The highest BCUT2D eigenvalue weighted by Gasteiger charge is 2.22. The molecule has 1 aliphatic rings. The van der Waals surface area contributed by atoms with E-state index in [-0.39, 0.29) is 0 Å². The molecular formula is C15H23N5O2. The molecule has 1 aliphatic heterocycles. The van der Waals surface area contributed by atoms with Gasteiger partial charge in [-0.1, -0.05) is 24.8 Å². The zero-order valence-corrected chi connectivity index (χ0v) is 13.3. The van der Waals surface area contributed by atoms with Crippen molar-refractivity contribution in [2.45, 2.75) is 33.5 Å². The molecule has 0 saturated carbocycles. The van der Waals surface area contributed by atoms with E-state index in [1.54, 1.807) is 13.1 Å². The largest absolute Gasteiger partial charge is 0.345 e. The summed E-state index contributed by atoms with van der Waals surface area (Å²) in [5.74, 6) is 1.15. The SMILES string of the molecule is C=C/C=C\C.CCn1c(C(=NC)NOC=O)nc2c1CNC2. The molecule has 7 nitrogen and oxygen atoms in total. The zero-order valence-electron chi connectivity index (χ0n) is 13.3. The van der Waals surface area contributed by atoms with Gasteiger partial charge in [-0.15, -0.1) is 0 Å². The Bertz CT molecular complexity index is 561. The summed E-state index contributed by atoms with van der Waals surface area (Å²) in [5.41, 5.74) is 4.66. The first-order chi connectivity index (χ1) is 10.7. The number of allylic oxidation sites excluding steroid dienone is 3. The van der Waals surface area contributed by atoms with Gasteiger partial charge in [0.2, 0.25) is 0 Å². The molecule has 2 heterocycles. The topological polar surface area (TPSA) is 80.5 Å². The predicted molar refractivity (Wildman–Crippen MR) is 86.2 cm³/mol. The minimum Gasteiger partial charge on any atom is -0.345 e. The summed E-state index contributed by atoms with van der Waals surface area (Å²) in [4.78, 5) is 23.2. The Balaban J connectivity index is 0.000000422. The Morgan fingerprint density at radius 2 is 2.36 bits per heavy atom. The van der Waals surface area contributed by atoms with Crippen LogP contribution < -0.4 is 10.8 Å². The molecule has 120 valence electrons. The van der Waals surface area contributed by atoms with E-state index in [2.05, 4.69) is 36.8 Å². The Morgan fingerprint density at radius 1 is 1.59 bits per heavy atom. The molecule has 7 heteroatoms. The number of hydrogen-bond donors (Lipinski definition) is 2. The molecular weight excluding hydrogens is 282 g/mol. The Kier molecular flexibility index (Phi) is 7.63. The zero-order chi connectivity index (χ0) is 16.4. The highest BCUT2D eigenvalue weighted by Crippen LogP contribution is 2.17. The number of aliphatic imine (C=N–C) groups is 1. The van der Waals surface area contributed by atoms with Gasteiger partial charge in [-0.25, -0.2) is 4.98 Å². The van der Waals surface area contributed by atoms with Crippen LogP contribution in [0, 0.1) is 0 Å². The van der Waals surface area contributed by atoms with Crippen LogP contribution in [0.4, 0.5) is 0 Å². The summed E-state index contributed by atoms with van der Waals surface area (Å²) in [7, 11) is 1.62. The van der Waals surface area contributed by atoms with Crippen molar-refractivity contribution in [1.82, 2.24) is 20.3 Å². The van der Waals surface area contributed by atoms with E-state index in [1.807, 2.05) is 26.0 Å². The van der Waals surface area contributed by atoms with Crippen LogP contribution in [0.5, 0.6) is 0 Å². The molecule has 1 aromatic heterocycles. The van der Waals surface area contributed by atoms with Gasteiger partial charge in [0.1, 0.15) is 0 Å². The van der Waals surface area contributed by atoms with Crippen LogP contribution in [-0.2, 0) is 29.3 Å². The quantitative estimate of drug-likeness (QED) is 0.282. The molecule has 0 spiro atoms. The van der Waals surface area contributed by atoms with Crippen molar-refractivity contribution in [2.24, 2.45) is 4.99 Å². The average Bonchev–Trinajstić information content (AvgIpc) is 3.10. The number of hydroxylamine groups is 1. The number of amidine groups is 1. The van der Waals surface area contributed by atoms with Crippen molar-refractivity contribution in [1.29, 1.82) is 0 Å². The first kappa shape index (κ1) is 17.6. The van der Waals surface area contributed by atoms with Crippen LogP contribution in [0.1, 0.15) is 31.1 Å². The monoisotopic (exact) mass is 305 g/mol. The maximum absolute atomic E-state index is 10.2. The van der Waals surface area contributed by atoms with Crippen molar-refractivity contribution >= 4 is 12.3 Å². The number of imidazole rings is 1. The second kappa shape index (κ2) is 9.51. The van der Waals surface area contributed by atoms with Gasteiger partial charge >= 0.3 is 6.47 Å². The highest BCUT2D eigenvalue weighted by molar-refractivity contribution is 5.95. The Labute approximate surface area is 130 Å². The third-order valence-corrected chi connectivity index (χ3v) is 3.02. The number of fused-ring (bicyclic) bond motifs is 1. The normalized spacial score (nSPS) is 13.3. The third kappa shape index (κ3) is 4.29. The lowest BCUT2D eigenvalue weighted by Gasteiger charge is -2.10. The summed E-state index contributed by atoms with van der Waals surface area (Å²) < 4.78 is 2.05. The van der Waals surface area contributed by atoms with E-state index in [9.17, 15) is 4.79 Å².